The van der Waals surface area contributed by atoms with Crippen molar-refractivity contribution in [2.24, 2.45) is 35.0 Å². The molecule has 0 N–H and O–H groups in total. The molecule has 0 aliphatic heterocycles. The Labute approximate surface area is 123 Å². The van der Waals surface area contributed by atoms with E-state index in [4.69, 9.17) is 4.74 Å². The number of ether oxygens (including phenoxy) is 1. The summed E-state index contributed by atoms with van der Waals surface area (Å²) in [7, 11) is 0. The molecule has 2 heteroatoms. The van der Waals surface area contributed by atoms with Crippen LogP contribution in [-0.4, -0.2) is 12.1 Å². The molecule has 114 valence electrons. The first-order chi connectivity index (χ1) is 9.41. The molecule has 1 spiro atoms. The van der Waals surface area contributed by atoms with Gasteiger partial charge in [0.2, 0.25) is 0 Å². The molecule has 2 nitrogen and oxygen atoms in total. The van der Waals surface area contributed by atoms with Gasteiger partial charge in [0.1, 0.15) is 6.10 Å². The Kier molecular flexibility index (Phi) is 3.63. The van der Waals surface area contributed by atoms with Crippen LogP contribution in [0.15, 0.2) is 0 Å². The van der Waals surface area contributed by atoms with E-state index in [0.717, 1.165) is 25.2 Å². The van der Waals surface area contributed by atoms with Gasteiger partial charge in [-0.25, -0.2) is 0 Å². The molecule has 20 heavy (non-hydrogen) atoms. The maximum Gasteiger partial charge on any atom is 0.309 e. The lowest BCUT2D eigenvalue weighted by Gasteiger charge is -2.40. The third-order valence-corrected chi connectivity index (χ3v) is 6.47. The minimum Gasteiger partial charge on any atom is -0.462 e. The first-order valence-corrected chi connectivity index (χ1v) is 8.62. The lowest BCUT2D eigenvalue weighted by Crippen LogP contribution is -2.40. The van der Waals surface area contributed by atoms with Gasteiger partial charge in [0, 0.05) is 0 Å². The second kappa shape index (κ2) is 5.03. The number of esters is 1. The molecule has 3 saturated carbocycles. The van der Waals surface area contributed by atoms with E-state index < -0.39 is 0 Å². The van der Waals surface area contributed by atoms with Crippen molar-refractivity contribution < 1.29 is 9.53 Å². The fourth-order valence-electron chi connectivity index (χ4n) is 4.70. The number of hydrogen-bond acceptors (Lipinski definition) is 2. The van der Waals surface area contributed by atoms with Gasteiger partial charge in [-0.05, 0) is 61.2 Å². The zero-order valence-electron chi connectivity index (χ0n) is 13.5. The zero-order valence-corrected chi connectivity index (χ0v) is 13.5. The standard InChI is InChI=1S/C18H30O2/c1-11(2)15-6-5-12(3)7-16(15)20-17(19)14-9-18(10-14)8-13(18)4/h11-16H,5-10H2,1-4H3. The molecule has 4 atom stereocenters. The van der Waals surface area contributed by atoms with Crippen molar-refractivity contribution in [1.29, 1.82) is 0 Å². The van der Waals surface area contributed by atoms with Crippen LogP contribution in [0.1, 0.15) is 66.2 Å². The molecule has 3 fully saturated rings. The molecular weight excluding hydrogens is 248 g/mol. The van der Waals surface area contributed by atoms with E-state index in [9.17, 15) is 4.79 Å². The molecule has 0 aromatic rings. The van der Waals surface area contributed by atoms with Crippen LogP contribution in [0.2, 0.25) is 0 Å². The Bertz CT molecular complexity index is 381. The van der Waals surface area contributed by atoms with Crippen LogP contribution in [-0.2, 0) is 9.53 Å². The predicted octanol–water partition coefficient (Wildman–Crippen LogP) is 4.43. The van der Waals surface area contributed by atoms with Gasteiger partial charge in [0.15, 0.2) is 0 Å². The average Bonchev–Trinajstić information content (AvgIpc) is 2.98. The summed E-state index contributed by atoms with van der Waals surface area (Å²) >= 11 is 0. The lowest BCUT2D eigenvalue weighted by atomic mass is 9.70. The fraction of sp³-hybridized carbons (Fsp3) is 0.944. The predicted molar refractivity (Wildman–Crippen MR) is 80.2 cm³/mol. The van der Waals surface area contributed by atoms with Crippen LogP contribution < -0.4 is 0 Å². The summed E-state index contributed by atoms with van der Waals surface area (Å²) in [5.74, 6) is 3.08. The Morgan fingerprint density at radius 3 is 2.35 bits per heavy atom. The zero-order chi connectivity index (χ0) is 14.5. The maximum atomic E-state index is 12.4. The van der Waals surface area contributed by atoms with Crippen molar-refractivity contribution in [2.75, 3.05) is 0 Å². The van der Waals surface area contributed by atoms with Crippen LogP contribution in [0.4, 0.5) is 0 Å². The van der Waals surface area contributed by atoms with Crippen LogP contribution in [0, 0.1) is 35.0 Å². The van der Waals surface area contributed by atoms with E-state index in [1.165, 1.54) is 19.3 Å². The van der Waals surface area contributed by atoms with Crippen molar-refractivity contribution in [3.05, 3.63) is 0 Å². The summed E-state index contributed by atoms with van der Waals surface area (Å²) < 4.78 is 5.96. The van der Waals surface area contributed by atoms with Gasteiger partial charge in [-0.3, -0.25) is 4.79 Å². The summed E-state index contributed by atoms with van der Waals surface area (Å²) in [5.41, 5.74) is 0.557. The fourth-order valence-corrected chi connectivity index (χ4v) is 4.70. The van der Waals surface area contributed by atoms with Gasteiger partial charge in [0.25, 0.3) is 0 Å². The summed E-state index contributed by atoms with van der Waals surface area (Å²) in [5, 5.41) is 0. The monoisotopic (exact) mass is 278 g/mol. The molecule has 3 aliphatic rings. The molecule has 3 rings (SSSR count). The minimum atomic E-state index is 0.111. The molecule has 0 aromatic heterocycles. The van der Waals surface area contributed by atoms with E-state index in [1.807, 2.05) is 0 Å². The van der Waals surface area contributed by atoms with E-state index in [2.05, 4.69) is 27.7 Å². The Hall–Kier alpha value is -0.530. The minimum absolute atomic E-state index is 0.111. The van der Waals surface area contributed by atoms with Crippen molar-refractivity contribution >= 4 is 5.97 Å². The van der Waals surface area contributed by atoms with E-state index in [-0.39, 0.29) is 18.0 Å². The highest BCUT2D eigenvalue weighted by molar-refractivity contribution is 5.74. The number of carbonyl (C=O) groups is 1. The second-order valence-corrected chi connectivity index (χ2v) is 8.37. The largest absolute Gasteiger partial charge is 0.462 e. The van der Waals surface area contributed by atoms with Crippen LogP contribution in [0.3, 0.4) is 0 Å². The highest BCUT2D eigenvalue weighted by Gasteiger charge is 2.61. The molecule has 0 aromatic carbocycles. The van der Waals surface area contributed by atoms with E-state index in [0.29, 0.717) is 23.2 Å². The van der Waals surface area contributed by atoms with Crippen LogP contribution >= 0.6 is 0 Å². The topological polar surface area (TPSA) is 26.3 Å². The molecule has 0 radical (unpaired) electrons. The maximum absolute atomic E-state index is 12.4. The van der Waals surface area contributed by atoms with E-state index in [1.54, 1.807) is 0 Å². The highest BCUT2D eigenvalue weighted by atomic mass is 16.5. The van der Waals surface area contributed by atoms with Crippen LogP contribution in [0.5, 0.6) is 0 Å². The Balaban J connectivity index is 1.54. The number of hydrogen-bond donors (Lipinski definition) is 0. The number of carbonyl (C=O) groups excluding carboxylic acids is 1. The lowest BCUT2D eigenvalue weighted by molar-refractivity contribution is -0.166. The van der Waals surface area contributed by atoms with Gasteiger partial charge in [0.05, 0.1) is 5.92 Å². The third-order valence-electron chi connectivity index (χ3n) is 6.47. The second-order valence-electron chi connectivity index (χ2n) is 8.37. The molecular formula is C18H30O2. The van der Waals surface area contributed by atoms with Gasteiger partial charge in [-0.2, -0.15) is 0 Å². The molecule has 4 unspecified atom stereocenters. The quantitative estimate of drug-likeness (QED) is 0.714. The van der Waals surface area contributed by atoms with Crippen molar-refractivity contribution in [2.45, 2.75) is 72.3 Å². The summed E-state index contributed by atoms with van der Waals surface area (Å²) in [6.07, 6.45) is 7.31. The van der Waals surface area contributed by atoms with Gasteiger partial charge in [-0.15, -0.1) is 0 Å². The first-order valence-electron chi connectivity index (χ1n) is 8.62. The van der Waals surface area contributed by atoms with E-state index >= 15 is 0 Å². The summed E-state index contributed by atoms with van der Waals surface area (Å²) in [6.45, 7) is 9.15. The molecule has 0 saturated heterocycles. The third kappa shape index (κ3) is 2.51. The first kappa shape index (κ1) is 14.4. The highest BCUT2D eigenvalue weighted by Crippen LogP contribution is 2.67. The summed E-state index contributed by atoms with van der Waals surface area (Å²) in [6, 6.07) is 0. The smallest absolute Gasteiger partial charge is 0.309 e. The van der Waals surface area contributed by atoms with Gasteiger partial charge >= 0.3 is 5.97 Å². The molecule has 0 amide bonds. The van der Waals surface area contributed by atoms with Crippen molar-refractivity contribution in [1.82, 2.24) is 0 Å². The Morgan fingerprint density at radius 2 is 1.80 bits per heavy atom. The molecule has 0 heterocycles. The number of rotatable bonds is 3. The SMILES string of the molecule is CC1CCC(C(C)C)C(OC(=O)C2CC3(C2)CC3C)C1. The normalized spacial score (nSPS) is 47.1. The average molecular weight is 278 g/mol. The van der Waals surface area contributed by atoms with Crippen molar-refractivity contribution in [3.63, 3.8) is 0 Å². The summed E-state index contributed by atoms with van der Waals surface area (Å²) in [4.78, 5) is 12.4. The van der Waals surface area contributed by atoms with Crippen molar-refractivity contribution in [3.8, 4) is 0 Å². The van der Waals surface area contributed by atoms with Gasteiger partial charge < -0.3 is 4.74 Å². The Morgan fingerprint density at radius 1 is 1.15 bits per heavy atom. The van der Waals surface area contributed by atoms with Gasteiger partial charge in [-0.1, -0.05) is 34.1 Å². The molecule has 0 bridgehead atoms. The van der Waals surface area contributed by atoms with Crippen LogP contribution in [0.25, 0.3) is 0 Å². The molecule has 3 aliphatic carbocycles.